The Labute approximate surface area is 143 Å². The molecule has 2 rings (SSSR count). The second-order valence-corrected chi connectivity index (χ2v) is 5.97. The van der Waals surface area contributed by atoms with Gasteiger partial charge in [0, 0.05) is 38.8 Å². The van der Waals surface area contributed by atoms with Crippen molar-refractivity contribution in [3.05, 3.63) is 11.9 Å². The van der Waals surface area contributed by atoms with Gasteiger partial charge in [-0.25, -0.2) is 0 Å². The number of rotatable bonds is 9. The van der Waals surface area contributed by atoms with Crippen LogP contribution in [0.3, 0.4) is 0 Å². The van der Waals surface area contributed by atoms with E-state index in [4.69, 9.17) is 15.2 Å². The van der Waals surface area contributed by atoms with E-state index in [0.717, 1.165) is 58.8 Å². The van der Waals surface area contributed by atoms with Crippen LogP contribution in [0, 0.1) is 5.82 Å². The number of halogens is 1. The first kappa shape index (κ1) is 18.7. The Bertz CT molecular complexity index is 504. The van der Waals surface area contributed by atoms with Gasteiger partial charge in [0.15, 0.2) is 0 Å². The summed E-state index contributed by atoms with van der Waals surface area (Å²) < 4.78 is 25.7. The number of hydrogen-bond donors (Lipinski definition) is 1. The minimum atomic E-state index is -0.423. The van der Waals surface area contributed by atoms with E-state index in [1.807, 2.05) is 4.90 Å². The van der Waals surface area contributed by atoms with Gasteiger partial charge >= 0.3 is 0 Å². The molecule has 1 fully saturated rings. The molecule has 0 bridgehead atoms. The van der Waals surface area contributed by atoms with Crippen molar-refractivity contribution in [3.63, 3.8) is 0 Å². The van der Waals surface area contributed by atoms with Crippen LogP contribution in [0.5, 0.6) is 5.88 Å². The van der Waals surface area contributed by atoms with Gasteiger partial charge in [-0.15, -0.1) is 0 Å². The lowest BCUT2D eigenvalue weighted by atomic mass is 10.2. The summed E-state index contributed by atoms with van der Waals surface area (Å²) in [5.41, 5.74) is 6.34. The van der Waals surface area contributed by atoms with E-state index in [1.165, 1.54) is 0 Å². The van der Waals surface area contributed by atoms with E-state index in [1.54, 1.807) is 6.07 Å². The summed E-state index contributed by atoms with van der Waals surface area (Å²) in [6.45, 7) is 10.0. The molecule has 1 aliphatic heterocycles. The van der Waals surface area contributed by atoms with Crippen LogP contribution >= 0.6 is 0 Å². The van der Waals surface area contributed by atoms with E-state index in [2.05, 4.69) is 23.7 Å². The summed E-state index contributed by atoms with van der Waals surface area (Å²) in [7, 11) is 0. The number of anilines is 2. The number of aromatic nitrogens is 1. The normalized spacial score (nSPS) is 15.5. The van der Waals surface area contributed by atoms with Gasteiger partial charge in [-0.1, -0.05) is 13.8 Å². The molecule has 2 heterocycles. The highest BCUT2D eigenvalue weighted by molar-refractivity contribution is 5.56. The Kier molecular flexibility index (Phi) is 7.52. The molecule has 7 heteroatoms. The van der Waals surface area contributed by atoms with Gasteiger partial charge in [-0.2, -0.15) is 9.37 Å². The summed E-state index contributed by atoms with van der Waals surface area (Å²) in [5.74, 6) is -0.145. The first-order valence-electron chi connectivity index (χ1n) is 8.79. The summed E-state index contributed by atoms with van der Waals surface area (Å²) in [5, 5.41) is 0. The first-order valence-corrected chi connectivity index (χ1v) is 8.79. The standard InChI is InChI=1S/C17H29FN4O2/c1-3-5-22(6-4-2)14-13-15(19)20-17(16(14)18)24-12-9-21-7-10-23-11-8-21/h13H,3-12H2,1-2H3,(H2,19,20). The van der Waals surface area contributed by atoms with Crippen molar-refractivity contribution in [2.45, 2.75) is 26.7 Å². The van der Waals surface area contributed by atoms with Gasteiger partial charge < -0.3 is 20.1 Å². The number of nitrogens with zero attached hydrogens (tertiary/aromatic N) is 3. The van der Waals surface area contributed by atoms with E-state index >= 15 is 0 Å². The molecule has 0 saturated carbocycles. The monoisotopic (exact) mass is 340 g/mol. The summed E-state index contributed by atoms with van der Waals surface area (Å²) in [4.78, 5) is 8.26. The zero-order valence-electron chi connectivity index (χ0n) is 14.8. The van der Waals surface area contributed by atoms with E-state index < -0.39 is 5.82 Å². The second kappa shape index (κ2) is 9.64. The van der Waals surface area contributed by atoms with Crippen molar-refractivity contribution < 1.29 is 13.9 Å². The summed E-state index contributed by atoms with van der Waals surface area (Å²) >= 11 is 0. The molecule has 0 unspecified atom stereocenters. The molecule has 1 aromatic rings. The predicted molar refractivity (Wildman–Crippen MR) is 94.2 cm³/mol. The third-order valence-electron chi connectivity index (χ3n) is 4.01. The van der Waals surface area contributed by atoms with Crippen LogP contribution in [0.15, 0.2) is 6.07 Å². The van der Waals surface area contributed by atoms with Crippen molar-refractivity contribution in [3.8, 4) is 5.88 Å². The first-order chi connectivity index (χ1) is 11.7. The van der Waals surface area contributed by atoms with Gasteiger partial charge in [-0.05, 0) is 12.8 Å². The maximum atomic E-state index is 14.8. The topological polar surface area (TPSA) is 63.8 Å². The molecule has 0 aromatic carbocycles. The predicted octanol–water partition coefficient (Wildman–Crippen LogP) is 2.14. The smallest absolute Gasteiger partial charge is 0.254 e. The minimum absolute atomic E-state index is 0.00420. The Hall–Kier alpha value is -1.60. The molecule has 24 heavy (non-hydrogen) atoms. The fraction of sp³-hybridized carbons (Fsp3) is 0.706. The molecule has 6 nitrogen and oxygen atoms in total. The Balaban J connectivity index is 2.03. The SMILES string of the molecule is CCCN(CCC)c1cc(N)nc(OCCN2CCOCC2)c1F. The summed E-state index contributed by atoms with van der Waals surface area (Å²) in [6, 6.07) is 1.59. The van der Waals surface area contributed by atoms with Crippen LogP contribution in [0.4, 0.5) is 15.9 Å². The zero-order valence-corrected chi connectivity index (χ0v) is 14.8. The molecule has 0 amide bonds. The van der Waals surface area contributed by atoms with E-state index in [0.29, 0.717) is 12.3 Å². The highest BCUT2D eigenvalue weighted by Gasteiger charge is 2.18. The molecule has 0 radical (unpaired) electrons. The fourth-order valence-electron chi connectivity index (χ4n) is 2.83. The van der Waals surface area contributed by atoms with Crippen molar-refractivity contribution in [1.82, 2.24) is 9.88 Å². The highest BCUT2D eigenvalue weighted by Crippen LogP contribution is 2.28. The fourth-order valence-corrected chi connectivity index (χ4v) is 2.83. The van der Waals surface area contributed by atoms with Crippen molar-refractivity contribution in [2.75, 3.05) is 63.2 Å². The number of morpholine rings is 1. The lowest BCUT2D eigenvalue weighted by Crippen LogP contribution is -2.38. The van der Waals surface area contributed by atoms with Gasteiger partial charge in [0.2, 0.25) is 5.82 Å². The Morgan fingerprint density at radius 2 is 1.96 bits per heavy atom. The molecule has 1 aliphatic rings. The average Bonchev–Trinajstić information content (AvgIpc) is 2.58. The highest BCUT2D eigenvalue weighted by atomic mass is 19.1. The third kappa shape index (κ3) is 5.21. The minimum Gasteiger partial charge on any atom is -0.474 e. The molecule has 0 atom stereocenters. The maximum absolute atomic E-state index is 14.8. The van der Waals surface area contributed by atoms with Gasteiger partial charge in [-0.3, -0.25) is 4.90 Å². The van der Waals surface area contributed by atoms with Gasteiger partial charge in [0.1, 0.15) is 12.4 Å². The number of nitrogen functional groups attached to an aromatic ring is 1. The molecule has 0 aliphatic carbocycles. The van der Waals surface area contributed by atoms with Crippen molar-refractivity contribution in [2.24, 2.45) is 0 Å². The molecular weight excluding hydrogens is 311 g/mol. The Morgan fingerprint density at radius 1 is 1.29 bits per heavy atom. The van der Waals surface area contributed by atoms with Crippen LogP contribution in [-0.4, -0.2) is 62.4 Å². The van der Waals surface area contributed by atoms with Gasteiger partial charge in [0.25, 0.3) is 5.88 Å². The molecule has 0 spiro atoms. The quantitative estimate of drug-likeness (QED) is 0.743. The lowest BCUT2D eigenvalue weighted by molar-refractivity contribution is 0.0317. The average molecular weight is 340 g/mol. The van der Waals surface area contributed by atoms with Crippen molar-refractivity contribution in [1.29, 1.82) is 0 Å². The largest absolute Gasteiger partial charge is 0.474 e. The third-order valence-corrected chi connectivity index (χ3v) is 4.01. The number of hydrogen-bond acceptors (Lipinski definition) is 6. The number of nitrogens with two attached hydrogens (primary N) is 1. The Morgan fingerprint density at radius 3 is 2.58 bits per heavy atom. The van der Waals surface area contributed by atoms with E-state index in [9.17, 15) is 4.39 Å². The van der Waals surface area contributed by atoms with Gasteiger partial charge in [0.05, 0.1) is 18.9 Å². The van der Waals surface area contributed by atoms with Crippen LogP contribution in [0.1, 0.15) is 26.7 Å². The molecular formula is C17H29FN4O2. The summed E-state index contributed by atoms with van der Waals surface area (Å²) in [6.07, 6.45) is 1.88. The van der Waals surface area contributed by atoms with Crippen LogP contribution < -0.4 is 15.4 Å². The lowest BCUT2D eigenvalue weighted by Gasteiger charge is -2.27. The zero-order chi connectivity index (χ0) is 17.4. The van der Waals surface area contributed by atoms with Crippen molar-refractivity contribution >= 4 is 11.5 Å². The molecule has 2 N–H and O–H groups in total. The van der Waals surface area contributed by atoms with Crippen LogP contribution in [0.25, 0.3) is 0 Å². The maximum Gasteiger partial charge on any atom is 0.254 e. The van der Waals surface area contributed by atoms with Crippen LogP contribution in [0.2, 0.25) is 0 Å². The van der Waals surface area contributed by atoms with Crippen LogP contribution in [-0.2, 0) is 4.74 Å². The molecule has 136 valence electrons. The number of pyridine rings is 1. The number of ether oxygens (including phenoxy) is 2. The molecule has 1 aromatic heterocycles. The molecule has 1 saturated heterocycles. The second-order valence-electron chi connectivity index (χ2n) is 5.97. The van der Waals surface area contributed by atoms with E-state index in [-0.39, 0.29) is 11.7 Å².